The Bertz CT molecular complexity index is 543. The Morgan fingerprint density at radius 3 is 2.46 bits per heavy atom. The van der Waals surface area contributed by atoms with Crippen LogP contribution < -0.4 is 0 Å². The van der Waals surface area contributed by atoms with E-state index in [0.717, 1.165) is 32.1 Å². The van der Waals surface area contributed by atoms with Crippen LogP contribution in [0.3, 0.4) is 0 Å². The third-order valence-electron chi connectivity index (χ3n) is 6.85. The second-order valence-electron chi connectivity index (χ2n) is 9.47. The van der Waals surface area contributed by atoms with Crippen LogP contribution in [0.5, 0.6) is 0 Å². The Hall–Kier alpha value is 1.31. The molecular formula is C20H38AcO4S. The summed E-state index contributed by atoms with van der Waals surface area (Å²) in [4.78, 5) is 0. The zero-order valence-corrected chi connectivity index (χ0v) is 22.9. The second kappa shape index (κ2) is 9.88. The van der Waals surface area contributed by atoms with Gasteiger partial charge < -0.3 is 9.84 Å². The first-order valence-electron chi connectivity index (χ1n) is 10.0. The quantitative estimate of drug-likeness (QED) is 0.449. The zero-order chi connectivity index (χ0) is 18.9. The molecule has 2 saturated carbocycles. The molecule has 26 heavy (non-hydrogen) atoms. The van der Waals surface area contributed by atoms with Gasteiger partial charge in [-0.1, -0.05) is 13.3 Å². The predicted molar refractivity (Wildman–Crippen MR) is 102 cm³/mol. The first-order chi connectivity index (χ1) is 11.5. The number of aliphatic hydroxyl groups excluding tert-OH is 1. The van der Waals surface area contributed by atoms with Crippen LogP contribution in [0.2, 0.25) is 0 Å². The fraction of sp³-hybridized carbons (Fsp3) is 1.00. The van der Waals surface area contributed by atoms with E-state index in [4.69, 9.17) is 4.74 Å². The molecule has 1 N–H and O–H groups in total. The van der Waals surface area contributed by atoms with E-state index in [1.807, 2.05) is 0 Å². The van der Waals surface area contributed by atoms with Gasteiger partial charge in [-0.05, 0) is 83.5 Å². The molecule has 151 valence electrons. The third kappa shape index (κ3) is 5.68. The predicted octanol–water partition coefficient (Wildman–Crippen LogP) is 3.96. The van der Waals surface area contributed by atoms with Crippen LogP contribution >= 0.6 is 0 Å². The molecule has 0 aromatic rings. The molecule has 0 aliphatic heterocycles. The summed E-state index contributed by atoms with van der Waals surface area (Å²) >= 11 is 0. The van der Waals surface area contributed by atoms with Gasteiger partial charge in [0.25, 0.3) is 0 Å². The molecule has 0 aromatic carbocycles. The fourth-order valence-corrected chi connectivity index (χ4v) is 6.24. The van der Waals surface area contributed by atoms with Crippen molar-refractivity contribution in [3.8, 4) is 0 Å². The van der Waals surface area contributed by atoms with E-state index in [9.17, 15) is 13.5 Å². The number of aliphatic hydroxyl groups is 1. The summed E-state index contributed by atoms with van der Waals surface area (Å²) in [7, 11) is -3.03. The van der Waals surface area contributed by atoms with E-state index in [0.29, 0.717) is 24.9 Å². The summed E-state index contributed by atoms with van der Waals surface area (Å²) in [6.07, 6.45) is 6.99. The zero-order valence-electron chi connectivity index (χ0n) is 17.3. The molecule has 0 spiro atoms. The van der Waals surface area contributed by atoms with Crippen molar-refractivity contribution in [2.45, 2.75) is 96.5 Å². The van der Waals surface area contributed by atoms with E-state index in [1.54, 1.807) is 20.8 Å². The third-order valence-corrected chi connectivity index (χ3v) is 9.54. The molecule has 2 aliphatic rings. The maximum Gasteiger partial charge on any atom is 0.155 e. The molecular weight excluding hydrogens is 563 g/mol. The minimum Gasteiger partial charge on any atom is -0.393 e. The van der Waals surface area contributed by atoms with Crippen molar-refractivity contribution in [1.82, 2.24) is 0 Å². The summed E-state index contributed by atoms with van der Waals surface area (Å²) in [5.74, 6) is 1.17. The average Bonchev–Trinajstić information content (AvgIpc) is 2.84. The fourth-order valence-electron chi connectivity index (χ4n) is 5.05. The standard InChI is InChI=1S/C20H38O4S.Ac/c1-15(24-13-6-7-14-25(22,23)19(2,3)4)16-10-11-17-18(21)9-8-12-20(16,17)5;/h15-18,21H,6-14H2,1-5H3;/t15-,16?,17?,18?,20-;/m1./s1. The first kappa shape index (κ1) is 25.3. The number of hydrogen-bond acceptors (Lipinski definition) is 4. The molecule has 0 aromatic heterocycles. The van der Waals surface area contributed by atoms with Crippen molar-refractivity contribution < 1.29 is 62.3 Å². The van der Waals surface area contributed by atoms with Crippen molar-refractivity contribution in [1.29, 1.82) is 0 Å². The van der Waals surface area contributed by atoms with Gasteiger partial charge in [-0.15, -0.1) is 0 Å². The van der Waals surface area contributed by atoms with Crippen LogP contribution in [-0.4, -0.2) is 42.8 Å². The summed E-state index contributed by atoms with van der Waals surface area (Å²) in [5.41, 5.74) is 0.201. The molecule has 1 radical (unpaired) electrons. The van der Waals surface area contributed by atoms with E-state index < -0.39 is 14.6 Å². The molecule has 4 nitrogen and oxygen atoms in total. The van der Waals surface area contributed by atoms with Gasteiger partial charge in [0.2, 0.25) is 0 Å². The smallest absolute Gasteiger partial charge is 0.155 e. The average molecular weight is 602 g/mol. The monoisotopic (exact) mass is 601 g/mol. The molecule has 0 bridgehead atoms. The van der Waals surface area contributed by atoms with Crippen LogP contribution in [-0.2, 0) is 14.6 Å². The Morgan fingerprint density at radius 2 is 1.85 bits per heavy atom. The van der Waals surface area contributed by atoms with Crippen LogP contribution in [0.15, 0.2) is 0 Å². The van der Waals surface area contributed by atoms with Gasteiger partial charge in [0, 0.05) is 50.7 Å². The van der Waals surface area contributed by atoms with E-state index in [-0.39, 0.29) is 67.4 Å². The molecule has 3 unspecified atom stereocenters. The largest absolute Gasteiger partial charge is 0.393 e. The van der Waals surface area contributed by atoms with Crippen molar-refractivity contribution in [3.63, 3.8) is 0 Å². The van der Waals surface area contributed by atoms with E-state index in [2.05, 4.69) is 13.8 Å². The van der Waals surface area contributed by atoms with Crippen molar-refractivity contribution >= 4 is 9.84 Å². The van der Waals surface area contributed by atoms with Crippen molar-refractivity contribution in [3.05, 3.63) is 0 Å². The molecule has 2 aliphatic carbocycles. The Morgan fingerprint density at radius 1 is 1.19 bits per heavy atom. The number of ether oxygens (including phenoxy) is 1. The Labute approximate surface area is 196 Å². The van der Waals surface area contributed by atoms with Crippen molar-refractivity contribution in [2.75, 3.05) is 12.4 Å². The summed E-state index contributed by atoms with van der Waals surface area (Å²) < 4.78 is 29.7. The van der Waals surface area contributed by atoms with Crippen LogP contribution in [0.1, 0.15) is 79.6 Å². The molecule has 0 amide bonds. The van der Waals surface area contributed by atoms with Gasteiger partial charge >= 0.3 is 0 Å². The van der Waals surface area contributed by atoms with E-state index in [1.165, 1.54) is 6.42 Å². The summed E-state index contributed by atoms with van der Waals surface area (Å²) in [6, 6.07) is 0. The number of unbranched alkanes of at least 4 members (excludes halogenated alkanes) is 1. The van der Waals surface area contributed by atoms with Gasteiger partial charge in [0.05, 0.1) is 22.7 Å². The van der Waals surface area contributed by atoms with Gasteiger partial charge in [0.1, 0.15) is 0 Å². The molecule has 2 rings (SSSR count). The first-order valence-corrected chi connectivity index (χ1v) is 11.7. The number of fused-ring (bicyclic) bond motifs is 1. The maximum atomic E-state index is 12.1. The minimum absolute atomic E-state index is 0. The van der Waals surface area contributed by atoms with Gasteiger partial charge in [-0.3, -0.25) is 0 Å². The minimum atomic E-state index is -3.03. The van der Waals surface area contributed by atoms with Crippen LogP contribution in [0.4, 0.5) is 0 Å². The second-order valence-corrected chi connectivity index (χ2v) is 12.3. The van der Waals surface area contributed by atoms with Crippen molar-refractivity contribution in [2.24, 2.45) is 17.3 Å². The number of hydrogen-bond donors (Lipinski definition) is 1. The Kier molecular flexibility index (Phi) is 9.63. The molecule has 0 saturated heterocycles. The van der Waals surface area contributed by atoms with Gasteiger partial charge in [-0.2, -0.15) is 0 Å². The summed E-state index contributed by atoms with van der Waals surface area (Å²) in [5, 5.41) is 10.3. The summed E-state index contributed by atoms with van der Waals surface area (Å²) in [6.45, 7) is 10.4. The van der Waals surface area contributed by atoms with Gasteiger partial charge in [-0.25, -0.2) is 8.42 Å². The molecule has 5 atom stereocenters. The molecule has 0 heterocycles. The normalized spacial score (nSPS) is 33.4. The Balaban J connectivity index is 0.00000338. The molecule has 6 heteroatoms. The van der Waals surface area contributed by atoms with E-state index >= 15 is 0 Å². The van der Waals surface area contributed by atoms with Crippen LogP contribution in [0.25, 0.3) is 0 Å². The number of sulfone groups is 1. The molecule has 2 fully saturated rings. The SMILES string of the molecule is C[C@@H](OCCCCS(=O)(=O)C(C)(C)C)C1CCC2C(O)CCC[C@@]21C.[Ac]. The maximum absolute atomic E-state index is 12.1. The van der Waals surface area contributed by atoms with Crippen LogP contribution in [0, 0.1) is 61.3 Å². The number of rotatable bonds is 7. The van der Waals surface area contributed by atoms with Gasteiger partial charge in [0.15, 0.2) is 9.84 Å². The topological polar surface area (TPSA) is 63.6 Å².